The number of hydrogen-bond acceptors (Lipinski definition) is 4. The lowest BCUT2D eigenvalue weighted by atomic mass is 10.1. The fraction of sp³-hybridized carbons (Fsp3) is 0.625. The van der Waals surface area contributed by atoms with E-state index in [4.69, 9.17) is 9.47 Å². The fourth-order valence-corrected chi connectivity index (χ4v) is 2.51. The molecule has 1 aliphatic rings. The first-order valence-corrected chi connectivity index (χ1v) is 7.50. The predicted molar refractivity (Wildman–Crippen MR) is 79.0 cm³/mol. The summed E-state index contributed by atoms with van der Waals surface area (Å²) in [5, 5.41) is 9.98. The molecule has 0 aliphatic carbocycles. The van der Waals surface area contributed by atoms with Crippen molar-refractivity contribution >= 4 is 0 Å². The van der Waals surface area contributed by atoms with Crippen LogP contribution in [0.1, 0.15) is 19.3 Å². The van der Waals surface area contributed by atoms with Crippen LogP contribution in [0.5, 0.6) is 5.75 Å². The van der Waals surface area contributed by atoms with Crippen molar-refractivity contribution in [2.24, 2.45) is 0 Å². The van der Waals surface area contributed by atoms with Gasteiger partial charge in [0.25, 0.3) is 0 Å². The standard InChI is InChI=1S/C16H24FNO3/c1-18(11-16-4-2-3-9-20-16)10-14(19)12-21-15-7-5-13(17)6-8-15/h5-8,14,16,19H,2-4,9-12H2,1H3. The van der Waals surface area contributed by atoms with E-state index in [2.05, 4.69) is 4.90 Å². The second kappa shape index (κ2) is 8.32. The van der Waals surface area contributed by atoms with Gasteiger partial charge in [-0.1, -0.05) is 0 Å². The number of halogens is 1. The molecule has 4 nitrogen and oxygen atoms in total. The van der Waals surface area contributed by atoms with Crippen LogP contribution in [0.4, 0.5) is 4.39 Å². The van der Waals surface area contributed by atoms with Crippen molar-refractivity contribution in [3.63, 3.8) is 0 Å². The SMILES string of the molecule is CN(CC(O)COc1ccc(F)cc1)CC1CCCCO1. The molecule has 2 unspecified atom stereocenters. The zero-order valence-corrected chi connectivity index (χ0v) is 12.5. The third-order valence-corrected chi connectivity index (χ3v) is 3.57. The Kier molecular flexibility index (Phi) is 6.42. The molecule has 0 radical (unpaired) electrons. The number of benzene rings is 1. The number of aliphatic hydroxyl groups excluding tert-OH is 1. The second-order valence-corrected chi connectivity index (χ2v) is 5.63. The smallest absolute Gasteiger partial charge is 0.123 e. The van der Waals surface area contributed by atoms with Crippen LogP contribution in [0.3, 0.4) is 0 Å². The van der Waals surface area contributed by atoms with Gasteiger partial charge >= 0.3 is 0 Å². The van der Waals surface area contributed by atoms with Crippen molar-refractivity contribution in [2.75, 3.05) is 33.4 Å². The number of aliphatic hydroxyl groups is 1. The molecular formula is C16H24FNO3. The first-order chi connectivity index (χ1) is 10.1. The average Bonchev–Trinajstić information content (AvgIpc) is 2.47. The molecule has 118 valence electrons. The zero-order valence-electron chi connectivity index (χ0n) is 12.5. The van der Waals surface area contributed by atoms with Gasteiger partial charge in [-0.2, -0.15) is 0 Å². The largest absolute Gasteiger partial charge is 0.491 e. The molecule has 0 aromatic heterocycles. The van der Waals surface area contributed by atoms with Gasteiger partial charge in [-0.25, -0.2) is 4.39 Å². The van der Waals surface area contributed by atoms with Gasteiger partial charge in [0.05, 0.1) is 6.10 Å². The first-order valence-electron chi connectivity index (χ1n) is 7.50. The van der Waals surface area contributed by atoms with Gasteiger partial charge in [-0.3, -0.25) is 0 Å². The molecule has 2 atom stereocenters. The van der Waals surface area contributed by atoms with E-state index in [1.807, 2.05) is 7.05 Å². The van der Waals surface area contributed by atoms with E-state index in [-0.39, 0.29) is 18.5 Å². The lowest BCUT2D eigenvalue weighted by Crippen LogP contribution is -2.39. The van der Waals surface area contributed by atoms with E-state index in [1.165, 1.54) is 18.6 Å². The molecule has 1 aromatic carbocycles. The Balaban J connectivity index is 1.65. The highest BCUT2D eigenvalue weighted by atomic mass is 19.1. The predicted octanol–water partition coefficient (Wildman–Crippen LogP) is 2.07. The highest BCUT2D eigenvalue weighted by Gasteiger charge is 2.17. The number of nitrogens with zero attached hydrogens (tertiary/aromatic N) is 1. The van der Waals surface area contributed by atoms with Gasteiger partial charge in [0, 0.05) is 19.7 Å². The molecule has 0 spiro atoms. The van der Waals surface area contributed by atoms with Crippen molar-refractivity contribution in [1.29, 1.82) is 0 Å². The van der Waals surface area contributed by atoms with Crippen LogP contribution in [0, 0.1) is 5.82 Å². The van der Waals surface area contributed by atoms with Crippen LogP contribution >= 0.6 is 0 Å². The van der Waals surface area contributed by atoms with Crippen LogP contribution in [0.25, 0.3) is 0 Å². The minimum absolute atomic E-state index is 0.196. The summed E-state index contributed by atoms with van der Waals surface area (Å²) >= 11 is 0. The van der Waals surface area contributed by atoms with Crippen molar-refractivity contribution in [1.82, 2.24) is 4.90 Å². The Hall–Kier alpha value is -1.17. The molecule has 1 heterocycles. The number of likely N-dealkylation sites (N-methyl/N-ethyl adjacent to an activating group) is 1. The Morgan fingerprint density at radius 1 is 1.38 bits per heavy atom. The summed E-state index contributed by atoms with van der Waals surface area (Å²) in [5.74, 6) is 0.267. The maximum atomic E-state index is 12.8. The third kappa shape index (κ3) is 5.99. The summed E-state index contributed by atoms with van der Waals surface area (Å²) in [6.45, 7) is 2.39. The summed E-state index contributed by atoms with van der Waals surface area (Å²) in [4.78, 5) is 2.06. The van der Waals surface area contributed by atoms with Crippen molar-refractivity contribution in [2.45, 2.75) is 31.5 Å². The Morgan fingerprint density at radius 2 is 2.14 bits per heavy atom. The number of hydrogen-bond donors (Lipinski definition) is 1. The van der Waals surface area contributed by atoms with Crippen LogP contribution in [0.15, 0.2) is 24.3 Å². The highest BCUT2D eigenvalue weighted by Crippen LogP contribution is 2.14. The maximum absolute atomic E-state index is 12.8. The Labute approximate surface area is 125 Å². The molecule has 1 N–H and O–H groups in total. The van der Waals surface area contributed by atoms with Crippen molar-refractivity contribution in [3.05, 3.63) is 30.1 Å². The molecule has 1 aromatic rings. The van der Waals surface area contributed by atoms with E-state index in [0.29, 0.717) is 12.3 Å². The van der Waals surface area contributed by atoms with Crippen LogP contribution in [-0.4, -0.2) is 55.6 Å². The summed E-state index contributed by atoms with van der Waals surface area (Å²) in [6.07, 6.45) is 3.15. The summed E-state index contributed by atoms with van der Waals surface area (Å²) in [6, 6.07) is 5.80. The second-order valence-electron chi connectivity index (χ2n) is 5.63. The maximum Gasteiger partial charge on any atom is 0.123 e. The van der Waals surface area contributed by atoms with Gasteiger partial charge in [0.2, 0.25) is 0 Å². The van der Waals surface area contributed by atoms with E-state index < -0.39 is 6.10 Å². The molecule has 0 bridgehead atoms. The van der Waals surface area contributed by atoms with E-state index in [0.717, 1.165) is 26.0 Å². The topological polar surface area (TPSA) is 41.9 Å². The van der Waals surface area contributed by atoms with Crippen LogP contribution < -0.4 is 4.74 Å². The number of rotatable bonds is 7. The molecule has 0 amide bonds. The Bertz CT molecular complexity index is 406. The van der Waals surface area contributed by atoms with Gasteiger partial charge in [0.1, 0.15) is 24.3 Å². The van der Waals surface area contributed by atoms with Crippen molar-refractivity contribution < 1.29 is 19.0 Å². The fourth-order valence-electron chi connectivity index (χ4n) is 2.51. The van der Waals surface area contributed by atoms with Gasteiger partial charge in [-0.05, 0) is 50.6 Å². The monoisotopic (exact) mass is 297 g/mol. The van der Waals surface area contributed by atoms with E-state index in [9.17, 15) is 9.50 Å². The third-order valence-electron chi connectivity index (χ3n) is 3.57. The quantitative estimate of drug-likeness (QED) is 0.836. The van der Waals surface area contributed by atoms with E-state index >= 15 is 0 Å². The molecule has 2 rings (SSSR count). The lowest BCUT2D eigenvalue weighted by molar-refractivity contribution is -0.0109. The molecule has 1 saturated heterocycles. The van der Waals surface area contributed by atoms with Gasteiger partial charge < -0.3 is 19.5 Å². The molecule has 0 saturated carbocycles. The number of ether oxygens (including phenoxy) is 2. The normalized spacial score (nSPS) is 20.5. The van der Waals surface area contributed by atoms with Gasteiger partial charge in [0.15, 0.2) is 0 Å². The summed E-state index contributed by atoms with van der Waals surface area (Å²) in [7, 11) is 1.97. The van der Waals surface area contributed by atoms with Crippen molar-refractivity contribution in [3.8, 4) is 5.75 Å². The molecule has 1 fully saturated rings. The molecule has 21 heavy (non-hydrogen) atoms. The Morgan fingerprint density at radius 3 is 2.81 bits per heavy atom. The lowest BCUT2D eigenvalue weighted by Gasteiger charge is -2.28. The molecular weight excluding hydrogens is 273 g/mol. The molecule has 5 heteroatoms. The average molecular weight is 297 g/mol. The van der Waals surface area contributed by atoms with Gasteiger partial charge in [-0.15, -0.1) is 0 Å². The first kappa shape index (κ1) is 16.2. The highest BCUT2D eigenvalue weighted by molar-refractivity contribution is 5.22. The summed E-state index contributed by atoms with van der Waals surface area (Å²) in [5.41, 5.74) is 0. The van der Waals surface area contributed by atoms with Crippen LogP contribution in [0.2, 0.25) is 0 Å². The zero-order chi connectivity index (χ0) is 15.1. The molecule has 1 aliphatic heterocycles. The van der Waals surface area contributed by atoms with Crippen LogP contribution in [-0.2, 0) is 4.74 Å². The minimum atomic E-state index is -0.580. The minimum Gasteiger partial charge on any atom is -0.491 e. The summed E-state index contributed by atoms with van der Waals surface area (Å²) < 4.78 is 23.9. The van der Waals surface area contributed by atoms with E-state index in [1.54, 1.807) is 12.1 Å².